The van der Waals surface area contributed by atoms with Gasteiger partial charge in [0.1, 0.15) is 13.2 Å². The monoisotopic (exact) mass is 961 g/mol. The topological polar surface area (TPSA) is 78.9 Å². The molecule has 0 aromatic rings. The summed E-state index contributed by atoms with van der Waals surface area (Å²) in [4.78, 5) is 38.2. The number of hydrogen-bond donors (Lipinski definition) is 0. The van der Waals surface area contributed by atoms with E-state index in [1.54, 1.807) is 0 Å². The lowest BCUT2D eigenvalue weighted by atomic mass is 10.0. The van der Waals surface area contributed by atoms with Crippen molar-refractivity contribution in [3.05, 3.63) is 0 Å². The maximum absolute atomic E-state index is 12.9. The Morgan fingerprint density at radius 3 is 0.632 bits per heavy atom. The normalized spacial score (nSPS) is 12.1. The van der Waals surface area contributed by atoms with Crippen LogP contribution in [0.3, 0.4) is 0 Å². The summed E-state index contributed by atoms with van der Waals surface area (Å²) in [5, 5.41) is 0. The van der Waals surface area contributed by atoms with Crippen molar-refractivity contribution in [3.63, 3.8) is 0 Å². The van der Waals surface area contributed by atoms with Crippen LogP contribution in [-0.4, -0.2) is 37.2 Å². The van der Waals surface area contributed by atoms with Crippen molar-refractivity contribution < 1.29 is 28.6 Å². The fourth-order valence-electron chi connectivity index (χ4n) is 9.53. The van der Waals surface area contributed by atoms with E-state index in [4.69, 9.17) is 14.2 Å². The Hall–Kier alpha value is -1.59. The molecule has 0 fully saturated rings. The van der Waals surface area contributed by atoms with Gasteiger partial charge in [-0.1, -0.05) is 305 Å². The molecular formula is C62H120O6. The lowest BCUT2D eigenvalue weighted by molar-refractivity contribution is -0.167. The fraction of sp³-hybridized carbons (Fsp3) is 0.952. The Bertz CT molecular complexity index is 1050. The molecular weight excluding hydrogens is 841 g/mol. The summed E-state index contributed by atoms with van der Waals surface area (Å²) in [6.07, 6.45) is 56.7. The van der Waals surface area contributed by atoms with Gasteiger partial charge in [0.15, 0.2) is 6.10 Å². The van der Waals surface area contributed by atoms with Crippen molar-refractivity contribution in [2.75, 3.05) is 13.2 Å². The molecule has 0 heterocycles. The summed E-state index contributed by atoms with van der Waals surface area (Å²) in [6, 6.07) is 0. The van der Waals surface area contributed by atoms with Crippen LogP contribution in [0.1, 0.15) is 343 Å². The number of carbonyl (C=O) groups excluding carboxylic acids is 3. The maximum Gasteiger partial charge on any atom is 0.306 e. The van der Waals surface area contributed by atoms with E-state index in [1.165, 1.54) is 225 Å². The number of ether oxygens (including phenoxy) is 3. The SMILES string of the molecule is CC(C)CCCCCCCCCCCCCCCCCCC(=O)O[C@H](COC(=O)CCCCCCCCCCCCCCCCC(C)C)COC(=O)CCCCCCCCCCCCCC(C)C. The molecule has 68 heavy (non-hydrogen) atoms. The second-order valence-corrected chi connectivity index (χ2v) is 22.8. The molecule has 0 N–H and O–H groups in total. The maximum atomic E-state index is 12.9. The molecule has 6 nitrogen and oxygen atoms in total. The van der Waals surface area contributed by atoms with Crippen LogP contribution in [0.5, 0.6) is 0 Å². The number of esters is 3. The molecule has 0 aliphatic rings. The third-order valence-corrected chi connectivity index (χ3v) is 14.1. The van der Waals surface area contributed by atoms with E-state index in [9.17, 15) is 14.4 Å². The number of unbranched alkanes of at least 4 members (excludes halogenated alkanes) is 38. The lowest BCUT2D eigenvalue weighted by Gasteiger charge is -2.18. The van der Waals surface area contributed by atoms with E-state index in [1.807, 2.05) is 0 Å². The van der Waals surface area contributed by atoms with Crippen LogP contribution >= 0.6 is 0 Å². The summed E-state index contributed by atoms with van der Waals surface area (Å²) in [6.45, 7) is 13.8. The molecule has 0 rings (SSSR count). The van der Waals surface area contributed by atoms with Gasteiger partial charge in [-0.3, -0.25) is 14.4 Å². The van der Waals surface area contributed by atoms with E-state index in [0.29, 0.717) is 19.3 Å². The van der Waals surface area contributed by atoms with E-state index >= 15 is 0 Å². The van der Waals surface area contributed by atoms with E-state index in [0.717, 1.165) is 75.5 Å². The highest BCUT2D eigenvalue weighted by Crippen LogP contribution is 2.19. The van der Waals surface area contributed by atoms with Gasteiger partial charge in [0.05, 0.1) is 0 Å². The van der Waals surface area contributed by atoms with E-state index in [-0.39, 0.29) is 31.1 Å². The summed E-state index contributed by atoms with van der Waals surface area (Å²) in [5.74, 6) is 1.68. The van der Waals surface area contributed by atoms with Crippen LogP contribution in [0, 0.1) is 17.8 Å². The third-order valence-electron chi connectivity index (χ3n) is 14.1. The first-order chi connectivity index (χ1) is 33.1. The van der Waals surface area contributed by atoms with Gasteiger partial charge in [0.2, 0.25) is 0 Å². The zero-order chi connectivity index (χ0) is 49.8. The van der Waals surface area contributed by atoms with Crippen LogP contribution < -0.4 is 0 Å². The highest BCUT2D eigenvalue weighted by molar-refractivity contribution is 5.71. The molecule has 404 valence electrons. The van der Waals surface area contributed by atoms with Crippen LogP contribution in [0.2, 0.25) is 0 Å². The zero-order valence-electron chi connectivity index (χ0n) is 46.9. The first kappa shape index (κ1) is 66.4. The molecule has 0 radical (unpaired) electrons. The molecule has 1 atom stereocenters. The van der Waals surface area contributed by atoms with Gasteiger partial charge in [0, 0.05) is 19.3 Å². The highest BCUT2D eigenvalue weighted by atomic mass is 16.6. The van der Waals surface area contributed by atoms with Gasteiger partial charge in [-0.15, -0.1) is 0 Å². The van der Waals surface area contributed by atoms with Gasteiger partial charge >= 0.3 is 17.9 Å². The number of hydrogen-bond acceptors (Lipinski definition) is 6. The molecule has 0 amide bonds. The highest BCUT2D eigenvalue weighted by Gasteiger charge is 2.19. The molecule has 0 unspecified atom stereocenters. The van der Waals surface area contributed by atoms with Crippen molar-refractivity contribution in [2.24, 2.45) is 17.8 Å². The zero-order valence-corrected chi connectivity index (χ0v) is 46.9. The van der Waals surface area contributed by atoms with Crippen LogP contribution in [0.15, 0.2) is 0 Å². The average Bonchev–Trinajstić information content (AvgIpc) is 3.30. The van der Waals surface area contributed by atoms with Gasteiger partial charge in [-0.25, -0.2) is 0 Å². The standard InChI is InChI=1S/C62H120O6/c1-56(2)48-42-36-30-24-18-13-9-7-8-10-16-22-29-35-41-47-53-62(65)68-59(55-67-61(64)52-46-40-34-28-23-17-20-26-32-38-44-50-58(5)6)54-66-60(63)51-45-39-33-27-21-15-12-11-14-19-25-31-37-43-49-57(3)4/h56-59H,7-55H2,1-6H3/t59-/m1/s1. The summed E-state index contributed by atoms with van der Waals surface area (Å²) in [7, 11) is 0. The molecule has 0 aliphatic heterocycles. The predicted molar refractivity (Wildman–Crippen MR) is 293 cm³/mol. The van der Waals surface area contributed by atoms with E-state index < -0.39 is 6.10 Å². The molecule has 0 spiro atoms. The minimum Gasteiger partial charge on any atom is -0.462 e. The van der Waals surface area contributed by atoms with Crippen LogP contribution in [-0.2, 0) is 28.6 Å². The summed E-state index contributed by atoms with van der Waals surface area (Å²) in [5.41, 5.74) is 0. The third kappa shape index (κ3) is 55.3. The van der Waals surface area contributed by atoms with Crippen molar-refractivity contribution in [2.45, 2.75) is 349 Å². The molecule has 0 aromatic carbocycles. The molecule has 0 aliphatic carbocycles. The Morgan fingerprint density at radius 1 is 0.250 bits per heavy atom. The first-order valence-corrected chi connectivity index (χ1v) is 30.6. The molecule has 6 heteroatoms. The minimum atomic E-state index is -0.764. The van der Waals surface area contributed by atoms with Gasteiger partial charge < -0.3 is 14.2 Å². The van der Waals surface area contributed by atoms with Gasteiger partial charge in [-0.05, 0) is 37.0 Å². The Balaban J connectivity index is 4.29. The fourth-order valence-corrected chi connectivity index (χ4v) is 9.53. The first-order valence-electron chi connectivity index (χ1n) is 30.6. The van der Waals surface area contributed by atoms with Gasteiger partial charge in [0.25, 0.3) is 0 Å². The van der Waals surface area contributed by atoms with Crippen molar-refractivity contribution in [1.82, 2.24) is 0 Å². The molecule has 0 saturated carbocycles. The van der Waals surface area contributed by atoms with E-state index in [2.05, 4.69) is 41.5 Å². The van der Waals surface area contributed by atoms with Crippen molar-refractivity contribution >= 4 is 17.9 Å². The Labute approximate surface area is 425 Å². The van der Waals surface area contributed by atoms with Gasteiger partial charge in [-0.2, -0.15) is 0 Å². The second-order valence-electron chi connectivity index (χ2n) is 22.8. The quantitative estimate of drug-likeness (QED) is 0.0343. The van der Waals surface area contributed by atoms with Crippen LogP contribution in [0.4, 0.5) is 0 Å². The Morgan fingerprint density at radius 2 is 0.426 bits per heavy atom. The average molecular weight is 962 g/mol. The second kappa shape index (κ2) is 53.2. The van der Waals surface area contributed by atoms with Crippen molar-refractivity contribution in [1.29, 1.82) is 0 Å². The summed E-state index contributed by atoms with van der Waals surface area (Å²) < 4.78 is 16.9. The smallest absolute Gasteiger partial charge is 0.306 e. The minimum absolute atomic E-state index is 0.0630. The molecule has 0 aromatic heterocycles. The number of carbonyl (C=O) groups is 3. The van der Waals surface area contributed by atoms with Crippen LogP contribution in [0.25, 0.3) is 0 Å². The molecule has 0 bridgehead atoms. The number of rotatable bonds is 55. The Kier molecular flexibility index (Phi) is 52.0. The predicted octanol–water partition coefficient (Wildman–Crippen LogP) is 20.3. The van der Waals surface area contributed by atoms with Crippen molar-refractivity contribution in [3.8, 4) is 0 Å². The molecule has 0 saturated heterocycles. The largest absolute Gasteiger partial charge is 0.462 e. The summed E-state index contributed by atoms with van der Waals surface area (Å²) >= 11 is 0. The lowest BCUT2D eigenvalue weighted by Crippen LogP contribution is -2.30.